The summed E-state index contributed by atoms with van der Waals surface area (Å²) in [4.78, 5) is 2.33. The highest BCUT2D eigenvalue weighted by Crippen LogP contribution is 2.19. The van der Waals surface area contributed by atoms with Crippen LogP contribution in [0.5, 0.6) is 5.75 Å². The number of nitrogens with zero attached hydrogens (tertiary/aromatic N) is 1. The van der Waals surface area contributed by atoms with E-state index in [1.54, 1.807) is 7.11 Å². The minimum absolute atomic E-state index is 0.379. The molecule has 0 aliphatic carbocycles. The Morgan fingerprint density at radius 3 is 2.80 bits per heavy atom. The molecule has 0 aliphatic rings. The van der Waals surface area contributed by atoms with Crippen molar-refractivity contribution in [3.05, 3.63) is 29.3 Å². The lowest BCUT2D eigenvalue weighted by Crippen LogP contribution is -2.30. The minimum atomic E-state index is 0.379. The van der Waals surface area contributed by atoms with Crippen LogP contribution < -0.4 is 10.5 Å². The maximum absolute atomic E-state index is 5.46. The molecule has 0 heterocycles. The van der Waals surface area contributed by atoms with Gasteiger partial charge in [0.2, 0.25) is 0 Å². The molecule has 20 heavy (non-hydrogen) atoms. The molecule has 0 amide bonds. The average Bonchev–Trinajstić information content (AvgIpc) is 2.46. The van der Waals surface area contributed by atoms with E-state index in [1.807, 2.05) is 23.9 Å². The highest BCUT2D eigenvalue weighted by Gasteiger charge is 2.11. The van der Waals surface area contributed by atoms with Gasteiger partial charge in [0.05, 0.1) is 13.7 Å². The van der Waals surface area contributed by atoms with Crippen molar-refractivity contribution in [3.63, 3.8) is 0 Å². The molecule has 0 aromatic heterocycles. The minimum Gasteiger partial charge on any atom is -0.497 e. The zero-order chi connectivity index (χ0) is 15.0. The van der Waals surface area contributed by atoms with Gasteiger partial charge in [-0.25, -0.2) is 0 Å². The van der Waals surface area contributed by atoms with Gasteiger partial charge in [0.15, 0.2) is 0 Å². The molecule has 1 aromatic rings. The number of ether oxygens (including phenoxy) is 1. The first-order valence-corrected chi connectivity index (χ1v) is 8.06. The topological polar surface area (TPSA) is 38.5 Å². The van der Waals surface area contributed by atoms with Gasteiger partial charge >= 0.3 is 0 Å². The van der Waals surface area contributed by atoms with Crippen LogP contribution in [0.4, 0.5) is 0 Å². The van der Waals surface area contributed by atoms with Crippen molar-refractivity contribution in [1.82, 2.24) is 4.90 Å². The lowest BCUT2D eigenvalue weighted by Gasteiger charge is -2.24. The van der Waals surface area contributed by atoms with Gasteiger partial charge in [-0.2, -0.15) is 11.8 Å². The van der Waals surface area contributed by atoms with Gasteiger partial charge in [-0.3, -0.25) is 4.90 Å². The van der Waals surface area contributed by atoms with Crippen LogP contribution in [-0.4, -0.2) is 43.7 Å². The quantitative estimate of drug-likeness (QED) is 0.816. The lowest BCUT2D eigenvalue weighted by molar-refractivity contribution is 0.269. The second-order valence-electron chi connectivity index (χ2n) is 4.75. The summed E-state index contributed by atoms with van der Waals surface area (Å²) in [6, 6.07) is 6.52. The molecule has 4 heteroatoms. The molecule has 1 atom stereocenters. The fourth-order valence-electron chi connectivity index (χ4n) is 1.89. The van der Waals surface area contributed by atoms with Crippen LogP contribution in [0, 0.1) is 11.8 Å². The summed E-state index contributed by atoms with van der Waals surface area (Å²) in [5.74, 6) is 8.04. The van der Waals surface area contributed by atoms with Crippen LogP contribution in [-0.2, 0) is 6.54 Å². The van der Waals surface area contributed by atoms with Gasteiger partial charge in [0.25, 0.3) is 0 Å². The van der Waals surface area contributed by atoms with E-state index >= 15 is 0 Å². The van der Waals surface area contributed by atoms with Gasteiger partial charge < -0.3 is 10.5 Å². The first-order chi connectivity index (χ1) is 9.62. The Labute approximate surface area is 126 Å². The third kappa shape index (κ3) is 5.09. The molecule has 0 saturated carbocycles. The second-order valence-corrected chi connectivity index (χ2v) is 5.66. The summed E-state index contributed by atoms with van der Waals surface area (Å²) >= 11 is 1.86. The van der Waals surface area contributed by atoms with Crippen molar-refractivity contribution in [2.24, 2.45) is 5.73 Å². The molecule has 3 nitrogen and oxygen atoms in total. The molecular formula is C16H24N2OS. The van der Waals surface area contributed by atoms with Crippen LogP contribution in [0.3, 0.4) is 0 Å². The van der Waals surface area contributed by atoms with Crippen molar-refractivity contribution >= 4 is 11.8 Å². The summed E-state index contributed by atoms with van der Waals surface area (Å²) in [5.41, 5.74) is 7.67. The Hall–Kier alpha value is -1.15. The Bertz CT molecular complexity index is 479. The summed E-state index contributed by atoms with van der Waals surface area (Å²) in [6.07, 6.45) is 2.13. The third-order valence-electron chi connectivity index (χ3n) is 3.22. The summed E-state index contributed by atoms with van der Waals surface area (Å²) in [6.45, 7) is 3.47. The standard InChI is InChI=1S/C16H24N2OS/c1-13(12-20-4)18(2)11-15-10-16(19-3)8-7-14(15)6-5-9-17/h7-8,10,13H,9,11-12,17H2,1-4H3. The van der Waals surface area contributed by atoms with E-state index in [0.29, 0.717) is 12.6 Å². The number of hydrogen-bond donors (Lipinski definition) is 1. The number of thioether (sulfide) groups is 1. The molecule has 0 aliphatic heterocycles. The zero-order valence-corrected chi connectivity index (χ0v) is 13.6. The normalized spacial score (nSPS) is 11.9. The average molecular weight is 292 g/mol. The smallest absolute Gasteiger partial charge is 0.119 e. The lowest BCUT2D eigenvalue weighted by atomic mass is 10.1. The van der Waals surface area contributed by atoms with Gasteiger partial charge in [-0.05, 0) is 44.0 Å². The maximum atomic E-state index is 5.46. The fourth-order valence-corrected chi connectivity index (χ4v) is 2.63. The van der Waals surface area contributed by atoms with E-state index in [4.69, 9.17) is 10.5 Å². The van der Waals surface area contributed by atoms with Crippen LogP contribution in [0.2, 0.25) is 0 Å². The molecule has 0 fully saturated rings. The SMILES string of the molecule is COc1ccc(C#CCN)c(CN(C)C(C)CSC)c1. The third-order valence-corrected chi connectivity index (χ3v) is 4.03. The van der Waals surface area contributed by atoms with E-state index in [-0.39, 0.29) is 0 Å². The summed E-state index contributed by atoms with van der Waals surface area (Å²) < 4.78 is 5.31. The van der Waals surface area contributed by atoms with Crippen molar-refractivity contribution in [3.8, 4) is 17.6 Å². The molecule has 2 N–H and O–H groups in total. The van der Waals surface area contributed by atoms with Gasteiger partial charge in [-0.15, -0.1) is 0 Å². The van der Waals surface area contributed by atoms with Gasteiger partial charge in [0, 0.05) is 23.9 Å². The number of rotatable bonds is 6. The Morgan fingerprint density at radius 2 is 2.20 bits per heavy atom. The molecule has 0 radical (unpaired) electrons. The molecular weight excluding hydrogens is 268 g/mol. The molecule has 0 bridgehead atoms. The number of hydrogen-bond acceptors (Lipinski definition) is 4. The Morgan fingerprint density at radius 1 is 1.45 bits per heavy atom. The van der Waals surface area contributed by atoms with E-state index in [2.05, 4.69) is 43.0 Å². The predicted octanol–water partition coefficient (Wildman–Crippen LogP) is 2.19. The van der Waals surface area contributed by atoms with E-state index in [9.17, 15) is 0 Å². The Kier molecular flexibility index (Phi) is 7.53. The molecule has 1 aromatic carbocycles. The summed E-state index contributed by atoms with van der Waals surface area (Å²) in [7, 11) is 3.82. The van der Waals surface area contributed by atoms with Gasteiger partial charge in [-0.1, -0.05) is 11.8 Å². The van der Waals surface area contributed by atoms with Crippen molar-refractivity contribution < 1.29 is 4.74 Å². The van der Waals surface area contributed by atoms with Crippen molar-refractivity contribution in [2.75, 3.05) is 32.7 Å². The zero-order valence-electron chi connectivity index (χ0n) is 12.8. The van der Waals surface area contributed by atoms with Crippen LogP contribution in [0.25, 0.3) is 0 Å². The van der Waals surface area contributed by atoms with E-state index < -0.39 is 0 Å². The van der Waals surface area contributed by atoms with Crippen LogP contribution in [0.15, 0.2) is 18.2 Å². The fraction of sp³-hybridized carbons (Fsp3) is 0.500. The molecule has 1 rings (SSSR count). The Balaban J connectivity index is 2.95. The van der Waals surface area contributed by atoms with Crippen LogP contribution in [0.1, 0.15) is 18.1 Å². The molecule has 110 valence electrons. The molecule has 1 unspecified atom stereocenters. The maximum Gasteiger partial charge on any atom is 0.119 e. The van der Waals surface area contributed by atoms with Crippen molar-refractivity contribution in [1.29, 1.82) is 0 Å². The highest BCUT2D eigenvalue weighted by atomic mass is 32.2. The number of benzene rings is 1. The monoisotopic (exact) mass is 292 g/mol. The number of methoxy groups -OCH3 is 1. The first-order valence-electron chi connectivity index (χ1n) is 6.67. The number of nitrogens with two attached hydrogens (primary N) is 1. The van der Waals surface area contributed by atoms with Crippen molar-refractivity contribution in [2.45, 2.75) is 19.5 Å². The predicted molar refractivity (Wildman–Crippen MR) is 88.2 cm³/mol. The first kappa shape index (κ1) is 16.9. The van der Waals surface area contributed by atoms with E-state index in [0.717, 1.165) is 23.6 Å². The molecule has 0 spiro atoms. The van der Waals surface area contributed by atoms with E-state index in [1.165, 1.54) is 5.56 Å². The molecule has 0 saturated heterocycles. The highest BCUT2D eigenvalue weighted by molar-refractivity contribution is 7.98. The van der Waals surface area contributed by atoms with Crippen LogP contribution >= 0.6 is 11.8 Å². The second kappa shape index (κ2) is 8.91. The van der Waals surface area contributed by atoms with Gasteiger partial charge in [0.1, 0.15) is 5.75 Å². The largest absolute Gasteiger partial charge is 0.497 e. The summed E-state index contributed by atoms with van der Waals surface area (Å²) in [5, 5.41) is 0.